The van der Waals surface area contributed by atoms with Crippen molar-refractivity contribution in [3.63, 3.8) is 0 Å². The highest BCUT2D eigenvalue weighted by atomic mass is 19.1. The van der Waals surface area contributed by atoms with E-state index >= 15 is 0 Å². The third-order valence-electron chi connectivity index (χ3n) is 6.58. The van der Waals surface area contributed by atoms with Gasteiger partial charge in [-0.3, -0.25) is 4.79 Å². The van der Waals surface area contributed by atoms with Crippen LogP contribution in [0.3, 0.4) is 0 Å². The summed E-state index contributed by atoms with van der Waals surface area (Å²) >= 11 is 0. The minimum atomic E-state index is -1.15. The first kappa shape index (κ1) is 20.5. The molecule has 1 amide bonds. The molecule has 34 heavy (non-hydrogen) atoms. The van der Waals surface area contributed by atoms with E-state index in [1.807, 2.05) is 0 Å². The zero-order valence-electron chi connectivity index (χ0n) is 18.5. The first-order valence-corrected chi connectivity index (χ1v) is 11.2. The summed E-state index contributed by atoms with van der Waals surface area (Å²) < 4.78 is 21.2. The maximum Gasteiger partial charge on any atom is 0.259 e. The molecule has 0 saturated heterocycles. The normalized spacial score (nSPS) is 19.3. The van der Waals surface area contributed by atoms with Crippen molar-refractivity contribution in [3.05, 3.63) is 59.8 Å². The Morgan fingerprint density at radius 2 is 2.03 bits per heavy atom. The second kappa shape index (κ2) is 7.47. The Bertz CT molecular complexity index is 1430. The van der Waals surface area contributed by atoms with Gasteiger partial charge in [-0.1, -0.05) is 25.0 Å². The zero-order valence-corrected chi connectivity index (χ0v) is 18.5. The molecular weight excluding hydrogens is 437 g/mol. The van der Waals surface area contributed by atoms with Gasteiger partial charge in [-0.05, 0) is 37.0 Å². The number of fused-ring (bicyclic) bond motifs is 2. The van der Waals surface area contributed by atoms with Crippen molar-refractivity contribution in [2.75, 3.05) is 17.7 Å². The minimum absolute atomic E-state index is 0.147. The average molecular weight is 459 g/mol. The van der Waals surface area contributed by atoms with Crippen LogP contribution >= 0.6 is 0 Å². The van der Waals surface area contributed by atoms with Crippen LogP contribution in [0.15, 0.2) is 42.9 Å². The van der Waals surface area contributed by atoms with E-state index in [-0.39, 0.29) is 23.4 Å². The Hall–Kier alpha value is -4.08. The van der Waals surface area contributed by atoms with Crippen molar-refractivity contribution in [1.82, 2.24) is 24.3 Å². The van der Waals surface area contributed by atoms with E-state index in [9.17, 15) is 9.18 Å². The highest BCUT2D eigenvalue weighted by Gasteiger charge is 2.47. The van der Waals surface area contributed by atoms with Crippen LogP contribution in [0.1, 0.15) is 37.3 Å². The number of carbonyl (C=O) groups is 1. The summed E-state index contributed by atoms with van der Waals surface area (Å²) in [6.07, 6.45) is 8.68. The number of nitrogens with one attached hydrogen (secondary N) is 1. The topological polar surface area (TPSA) is 120 Å². The van der Waals surface area contributed by atoms with Gasteiger partial charge in [0.05, 0.1) is 12.2 Å². The van der Waals surface area contributed by atoms with Crippen molar-refractivity contribution < 1.29 is 13.9 Å². The second-order valence-electron chi connectivity index (χ2n) is 8.91. The van der Waals surface area contributed by atoms with E-state index in [0.29, 0.717) is 40.8 Å². The molecule has 0 bridgehead atoms. The maximum absolute atomic E-state index is 13.5. The zero-order chi connectivity index (χ0) is 23.4. The van der Waals surface area contributed by atoms with Crippen LogP contribution in [0.4, 0.5) is 16.0 Å². The number of halogens is 1. The molecule has 10 heteroatoms. The first-order chi connectivity index (χ1) is 16.4. The molecule has 1 unspecified atom stereocenters. The van der Waals surface area contributed by atoms with E-state index < -0.39 is 5.41 Å². The lowest BCUT2D eigenvalue weighted by Gasteiger charge is -2.23. The number of hydrogen-bond donors (Lipinski definition) is 2. The van der Waals surface area contributed by atoms with Crippen molar-refractivity contribution in [2.45, 2.75) is 31.6 Å². The van der Waals surface area contributed by atoms with E-state index in [0.717, 1.165) is 12.3 Å². The molecule has 2 aliphatic rings. The fraction of sp³-hybridized carbons (Fsp3) is 0.292. The summed E-state index contributed by atoms with van der Waals surface area (Å²) in [6, 6.07) is 5.76. The summed E-state index contributed by atoms with van der Waals surface area (Å²) in [4.78, 5) is 31.0. The van der Waals surface area contributed by atoms with E-state index in [1.54, 1.807) is 42.0 Å². The molecule has 1 saturated carbocycles. The average Bonchev–Trinajstić information content (AvgIpc) is 3.44. The third kappa shape index (κ3) is 3.25. The number of anilines is 2. The number of carbonyl (C=O) groups excluding carboxylic acids is 1. The van der Waals surface area contributed by atoms with Crippen LogP contribution in [-0.4, -0.2) is 36.9 Å². The summed E-state index contributed by atoms with van der Waals surface area (Å²) in [5, 5.41) is 2.81. The SMILES string of the molecule is CC1(c2ccc(F)cc2)C(=O)Nc2nc(-c3cn4ccnc4c(OCCC4CC4)n3)nc(N)c21. The second-order valence-corrected chi connectivity index (χ2v) is 8.91. The largest absolute Gasteiger partial charge is 0.475 e. The highest BCUT2D eigenvalue weighted by molar-refractivity contribution is 6.09. The monoisotopic (exact) mass is 459 g/mol. The maximum atomic E-state index is 13.5. The van der Waals surface area contributed by atoms with Crippen LogP contribution in [-0.2, 0) is 10.2 Å². The van der Waals surface area contributed by atoms with Gasteiger partial charge in [-0.2, -0.15) is 0 Å². The molecular formula is C24H22FN7O2. The van der Waals surface area contributed by atoms with Crippen LogP contribution in [0.5, 0.6) is 5.88 Å². The lowest BCUT2D eigenvalue weighted by molar-refractivity contribution is -0.119. The lowest BCUT2D eigenvalue weighted by atomic mass is 9.78. The van der Waals surface area contributed by atoms with E-state index in [1.165, 1.54) is 25.0 Å². The lowest BCUT2D eigenvalue weighted by Crippen LogP contribution is -2.33. The van der Waals surface area contributed by atoms with Crippen LogP contribution < -0.4 is 15.8 Å². The fourth-order valence-electron chi connectivity index (χ4n) is 4.42. The molecule has 0 radical (unpaired) electrons. The number of nitrogens with zero attached hydrogens (tertiary/aromatic N) is 5. The standard InChI is InChI=1S/C24H22FN7O2/c1-24(14-4-6-15(25)7-5-14)17-18(26)29-19(30-20(17)31-23(24)33)16-12-32-10-9-27-21(32)22(28-16)34-11-8-13-2-3-13/h4-7,9-10,12-13H,2-3,8,11H2,1H3,(H3,26,29,30,31,33). The van der Waals surface area contributed by atoms with Gasteiger partial charge in [0.15, 0.2) is 5.82 Å². The molecule has 1 atom stereocenters. The predicted octanol–water partition coefficient (Wildman–Crippen LogP) is 3.34. The number of ether oxygens (including phenoxy) is 1. The Balaban J connectivity index is 1.41. The Morgan fingerprint density at radius 3 is 2.79 bits per heavy atom. The molecule has 4 aromatic rings. The number of aromatic nitrogens is 5. The van der Waals surface area contributed by atoms with Crippen molar-refractivity contribution in [3.8, 4) is 17.4 Å². The van der Waals surface area contributed by atoms with Gasteiger partial charge in [-0.15, -0.1) is 0 Å². The third-order valence-corrected chi connectivity index (χ3v) is 6.58. The van der Waals surface area contributed by atoms with Crippen LogP contribution in [0, 0.1) is 11.7 Å². The number of nitrogen functional groups attached to an aromatic ring is 1. The molecule has 172 valence electrons. The molecule has 1 fully saturated rings. The Morgan fingerprint density at radius 1 is 1.24 bits per heavy atom. The summed E-state index contributed by atoms with van der Waals surface area (Å²) in [6.45, 7) is 2.28. The number of hydrogen-bond acceptors (Lipinski definition) is 7. The molecule has 4 heterocycles. The van der Waals surface area contributed by atoms with Crippen molar-refractivity contribution in [2.24, 2.45) is 5.92 Å². The fourth-order valence-corrected chi connectivity index (χ4v) is 4.42. The van der Waals surface area contributed by atoms with Gasteiger partial charge in [0.1, 0.15) is 28.6 Å². The quantitative estimate of drug-likeness (QED) is 0.454. The summed E-state index contributed by atoms with van der Waals surface area (Å²) in [7, 11) is 0. The van der Waals surface area contributed by atoms with Gasteiger partial charge in [-0.25, -0.2) is 24.3 Å². The van der Waals surface area contributed by atoms with Crippen molar-refractivity contribution >= 4 is 23.2 Å². The number of amides is 1. The van der Waals surface area contributed by atoms with Gasteiger partial charge < -0.3 is 20.2 Å². The van der Waals surface area contributed by atoms with E-state index in [4.69, 9.17) is 10.5 Å². The predicted molar refractivity (Wildman–Crippen MR) is 123 cm³/mol. The molecule has 1 aromatic carbocycles. The number of imidazole rings is 1. The molecule has 9 nitrogen and oxygen atoms in total. The smallest absolute Gasteiger partial charge is 0.259 e. The molecule has 3 N–H and O–H groups in total. The van der Waals surface area contributed by atoms with Crippen LogP contribution in [0.25, 0.3) is 17.2 Å². The van der Waals surface area contributed by atoms with Gasteiger partial charge >= 0.3 is 0 Å². The van der Waals surface area contributed by atoms with Crippen molar-refractivity contribution in [1.29, 1.82) is 0 Å². The van der Waals surface area contributed by atoms with Gasteiger partial charge in [0.2, 0.25) is 11.6 Å². The molecule has 1 aliphatic heterocycles. The van der Waals surface area contributed by atoms with Crippen LogP contribution in [0.2, 0.25) is 0 Å². The summed E-state index contributed by atoms with van der Waals surface area (Å²) in [5.74, 6) is 1.14. The van der Waals surface area contributed by atoms with Gasteiger partial charge in [0, 0.05) is 18.6 Å². The molecule has 6 rings (SSSR count). The number of rotatable bonds is 6. The minimum Gasteiger partial charge on any atom is -0.475 e. The molecule has 1 aliphatic carbocycles. The number of nitrogens with two attached hydrogens (primary N) is 1. The van der Waals surface area contributed by atoms with Gasteiger partial charge in [0.25, 0.3) is 5.88 Å². The first-order valence-electron chi connectivity index (χ1n) is 11.2. The molecule has 0 spiro atoms. The molecule has 3 aromatic heterocycles. The highest BCUT2D eigenvalue weighted by Crippen LogP contribution is 2.45. The number of benzene rings is 1. The Kier molecular flexibility index (Phi) is 4.51. The summed E-state index contributed by atoms with van der Waals surface area (Å²) in [5.41, 5.74) is 7.31. The Labute approximate surface area is 194 Å². The van der Waals surface area contributed by atoms with E-state index in [2.05, 4.69) is 25.3 Å².